The molecule has 0 atom stereocenters. The van der Waals surface area contributed by atoms with Crippen LogP contribution in [0.25, 0.3) is 0 Å². The van der Waals surface area contributed by atoms with Crippen molar-refractivity contribution in [3.8, 4) is 0 Å². The minimum atomic E-state index is -1.50. The minimum absolute atomic E-state index is 0.186. The van der Waals surface area contributed by atoms with Crippen LogP contribution in [0.4, 0.5) is 4.79 Å². The number of hydrogen-bond donors (Lipinski definition) is 3. The monoisotopic (exact) mass is 235 g/mol. The van der Waals surface area contributed by atoms with Crippen molar-refractivity contribution < 1.29 is 19.6 Å². The predicted molar refractivity (Wildman–Crippen MR) is 64.0 cm³/mol. The fourth-order valence-electron chi connectivity index (χ4n) is 1.11. The Hall–Kier alpha value is -1.79. The van der Waals surface area contributed by atoms with Crippen LogP contribution in [0.2, 0.25) is 0 Å². The van der Waals surface area contributed by atoms with Crippen LogP contribution in [0.15, 0.2) is 42.4 Å². The van der Waals surface area contributed by atoms with Gasteiger partial charge in [-0.2, -0.15) is 0 Å². The van der Waals surface area contributed by atoms with Gasteiger partial charge in [0.15, 0.2) is 0 Å². The largest absolute Gasteiger partial charge is 0.480 e. The number of ether oxygens (including phenoxy) is 1. The summed E-state index contributed by atoms with van der Waals surface area (Å²) in [4.78, 5) is 11.2. The van der Waals surface area contributed by atoms with E-state index in [-0.39, 0.29) is 13.2 Å². The molecule has 1 amide bonds. The minimum Gasteiger partial charge on any atom is -0.445 e. The lowest BCUT2D eigenvalue weighted by molar-refractivity contribution is 0.140. The average molecular weight is 235 g/mol. The predicted octanol–water partition coefficient (Wildman–Crippen LogP) is 0.481. The Labute approximate surface area is 99.9 Å². The molecule has 0 heterocycles. The van der Waals surface area contributed by atoms with E-state index in [1.165, 1.54) is 6.08 Å². The molecular formula is C11H14BNO4. The van der Waals surface area contributed by atoms with Gasteiger partial charge in [-0.15, -0.1) is 0 Å². The number of hydrogen-bond acceptors (Lipinski definition) is 4. The molecule has 0 aliphatic heterocycles. The highest BCUT2D eigenvalue weighted by Crippen LogP contribution is 2.00. The molecule has 1 rings (SSSR count). The smallest absolute Gasteiger partial charge is 0.445 e. The maximum atomic E-state index is 11.2. The van der Waals surface area contributed by atoms with Gasteiger partial charge in [0, 0.05) is 6.54 Å². The van der Waals surface area contributed by atoms with Crippen LogP contribution < -0.4 is 5.32 Å². The number of alkyl carbamates (subject to hydrolysis) is 1. The van der Waals surface area contributed by atoms with Gasteiger partial charge in [-0.1, -0.05) is 42.4 Å². The highest BCUT2D eigenvalue weighted by molar-refractivity contribution is 6.47. The molecule has 0 aliphatic carbocycles. The zero-order valence-corrected chi connectivity index (χ0v) is 9.24. The first-order valence-electron chi connectivity index (χ1n) is 5.16. The van der Waals surface area contributed by atoms with Crippen molar-refractivity contribution in [1.29, 1.82) is 0 Å². The summed E-state index contributed by atoms with van der Waals surface area (Å²) < 4.78 is 4.93. The first-order valence-corrected chi connectivity index (χ1v) is 5.16. The van der Waals surface area contributed by atoms with E-state index in [2.05, 4.69) is 5.32 Å². The number of benzene rings is 1. The number of amides is 1. The summed E-state index contributed by atoms with van der Waals surface area (Å²) in [5.41, 5.74) is 0.906. The van der Waals surface area contributed by atoms with Crippen LogP contribution >= 0.6 is 0 Å². The SMILES string of the molecule is O=C(NCC=CB(O)O)OCc1ccccc1. The average Bonchev–Trinajstić information content (AvgIpc) is 2.33. The number of carbonyl (C=O) groups is 1. The third-order valence-corrected chi connectivity index (χ3v) is 1.89. The zero-order chi connectivity index (χ0) is 12.5. The lowest BCUT2D eigenvalue weighted by Gasteiger charge is -2.05. The normalized spacial score (nSPS) is 10.2. The van der Waals surface area contributed by atoms with Gasteiger partial charge in [-0.3, -0.25) is 0 Å². The van der Waals surface area contributed by atoms with E-state index in [1.54, 1.807) is 0 Å². The molecule has 5 nitrogen and oxygen atoms in total. The van der Waals surface area contributed by atoms with E-state index in [4.69, 9.17) is 14.8 Å². The summed E-state index contributed by atoms with van der Waals surface area (Å²) >= 11 is 0. The molecular weight excluding hydrogens is 221 g/mol. The first kappa shape index (κ1) is 13.3. The molecule has 0 bridgehead atoms. The fourth-order valence-corrected chi connectivity index (χ4v) is 1.11. The molecule has 0 fully saturated rings. The molecule has 0 saturated carbocycles. The Balaban J connectivity index is 2.18. The van der Waals surface area contributed by atoms with E-state index in [0.29, 0.717) is 0 Å². The van der Waals surface area contributed by atoms with Crippen molar-refractivity contribution >= 4 is 13.2 Å². The Morgan fingerprint density at radius 2 is 2.06 bits per heavy atom. The van der Waals surface area contributed by atoms with Gasteiger partial charge in [0.05, 0.1) is 0 Å². The summed E-state index contributed by atoms with van der Waals surface area (Å²) in [6.07, 6.45) is 0.875. The van der Waals surface area contributed by atoms with E-state index in [9.17, 15) is 4.79 Å². The molecule has 0 radical (unpaired) electrons. The van der Waals surface area contributed by atoms with Gasteiger partial charge in [0.25, 0.3) is 0 Å². The zero-order valence-electron chi connectivity index (χ0n) is 9.24. The quantitative estimate of drug-likeness (QED) is 0.648. The summed E-state index contributed by atoms with van der Waals surface area (Å²) in [6.45, 7) is 0.393. The van der Waals surface area contributed by atoms with E-state index >= 15 is 0 Å². The van der Waals surface area contributed by atoms with Crippen LogP contribution in [0.1, 0.15) is 5.56 Å². The van der Waals surface area contributed by atoms with Crippen molar-refractivity contribution in [2.75, 3.05) is 6.54 Å². The van der Waals surface area contributed by atoms with E-state index < -0.39 is 13.2 Å². The summed E-state index contributed by atoms with van der Waals surface area (Å²) in [7, 11) is -1.50. The molecule has 0 spiro atoms. The summed E-state index contributed by atoms with van der Waals surface area (Å²) in [5, 5.41) is 19.4. The van der Waals surface area contributed by atoms with Crippen LogP contribution in [0.5, 0.6) is 0 Å². The summed E-state index contributed by atoms with van der Waals surface area (Å²) in [5.74, 6) is 1.15. The molecule has 6 heteroatoms. The number of carbonyl (C=O) groups excluding carboxylic acids is 1. The Bertz CT molecular complexity index is 367. The molecule has 1 aromatic carbocycles. The highest BCUT2D eigenvalue weighted by Gasteiger charge is 2.01. The fraction of sp³-hybridized carbons (Fsp3) is 0.182. The van der Waals surface area contributed by atoms with Crippen LogP contribution in [-0.4, -0.2) is 29.8 Å². The Morgan fingerprint density at radius 1 is 1.35 bits per heavy atom. The molecule has 0 unspecified atom stereocenters. The molecule has 3 N–H and O–H groups in total. The summed E-state index contributed by atoms with van der Waals surface area (Å²) in [6, 6.07) is 9.32. The molecule has 17 heavy (non-hydrogen) atoms. The van der Waals surface area contributed by atoms with Gasteiger partial charge in [0.1, 0.15) is 6.61 Å². The topological polar surface area (TPSA) is 78.8 Å². The third kappa shape index (κ3) is 6.39. The van der Waals surface area contributed by atoms with Gasteiger partial charge in [-0.05, 0) is 5.56 Å². The van der Waals surface area contributed by atoms with Crippen LogP contribution in [0, 0.1) is 0 Å². The molecule has 0 saturated heterocycles. The van der Waals surface area contributed by atoms with Gasteiger partial charge in [-0.25, -0.2) is 4.79 Å². The second-order valence-electron chi connectivity index (χ2n) is 3.28. The van der Waals surface area contributed by atoms with Crippen molar-refractivity contribution in [3.63, 3.8) is 0 Å². The first-order chi connectivity index (χ1) is 8.18. The van der Waals surface area contributed by atoms with Gasteiger partial charge < -0.3 is 20.1 Å². The lowest BCUT2D eigenvalue weighted by atomic mass is 9.92. The van der Waals surface area contributed by atoms with Crippen molar-refractivity contribution in [3.05, 3.63) is 47.9 Å². The standard InChI is InChI=1S/C11H14BNO4/c14-11(13-8-4-7-12(15)16)17-9-10-5-2-1-3-6-10/h1-7,15-16H,8-9H2,(H,13,14). The Morgan fingerprint density at radius 3 is 2.71 bits per heavy atom. The molecule has 1 aromatic rings. The maximum absolute atomic E-state index is 11.2. The molecule has 0 aromatic heterocycles. The Kier molecular flexibility index (Phi) is 5.85. The highest BCUT2D eigenvalue weighted by atomic mass is 16.5. The van der Waals surface area contributed by atoms with Crippen molar-refractivity contribution in [2.45, 2.75) is 6.61 Å². The third-order valence-electron chi connectivity index (χ3n) is 1.89. The molecule has 0 aliphatic rings. The van der Waals surface area contributed by atoms with Crippen molar-refractivity contribution in [2.24, 2.45) is 0 Å². The number of rotatable bonds is 5. The number of nitrogens with one attached hydrogen (secondary N) is 1. The van der Waals surface area contributed by atoms with E-state index in [0.717, 1.165) is 11.5 Å². The van der Waals surface area contributed by atoms with Crippen LogP contribution in [-0.2, 0) is 11.3 Å². The van der Waals surface area contributed by atoms with Gasteiger partial charge >= 0.3 is 13.2 Å². The van der Waals surface area contributed by atoms with Gasteiger partial charge in [0.2, 0.25) is 0 Å². The maximum Gasteiger partial charge on any atom is 0.480 e. The second kappa shape index (κ2) is 7.48. The van der Waals surface area contributed by atoms with Crippen LogP contribution in [0.3, 0.4) is 0 Å². The second-order valence-corrected chi connectivity index (χ2v) is 3.28. The molecule has 90 valence electrons. The van der Waals surface area contributed by atoms with E-state index in [1.807, 2.05) is 30.3 Å². The lowest BCUT2D eigenvalue weighted by Crippen LogP contribution is -2.24. The van der Waals surface area contributed by atoms with Crippen molar-refractivity contribution in [1.82, 2.24) is 5.32 Å².